The number of rotatable bonds is 12. The lowest BCUT2D eigenvalue weighted by Crippen LogP contribution is -2.45. The second-order valence-corrected chi connectivity index (χ2v) is 10.1. The van der Waals surface area contributed by atoms with Crippen LogP contribution in [0.1, 0.15) is 29.3 Å². The van der Waals surface area contributed by atoms with Crippen LogP contribution in [-0.4, -0.2) is 55.6 Å². The molecule has 198 valence electrons. The molecule has 0 aliphatic carbocycles. The monoisotopic (exact) mass is 543 g/mol. The van der Waals surface area contributed by atoms with Gasteiger partial charge < -0.3 is 24.6 Å². The third-order valence-electron chi connectivity index (χ3n) is 5.93. The number of nitrogens with zero attached hydrogens (tertiary/aromatic N) is 2. The minimum absolute atomic E-state index is 0.0173. The molecule has 0 aliphatic rings. The predicted octanol–water partition coefficient (Wildman–Crippen LogP) is 6.24. The molecule has 1 aromatic heterocycles. The first-order chi connectivity index (χ1) is 17.8. The van der Waals surface area contributed by atoms with Crippen LogP contribution in [0.25, 0.3) is 0 Å². The van der Waals surface area contributed by atoms with Gasteiger partial charge in [-0.25, -0.2) is 4.79 Å². The van der Waals surface area contributed by atoms with Crippen LogP contribution in [-0.2, 0) is 17.8 Å². The number of hydrogen-bond donors (Lipinski definition) is 1. The summed E-state index contributed by atoms with van der Waals surface area (Å²) in [4.78, 5) is 31.0. The van der Waals surface area contributed by atoms with Crippen LogP contribution >= 0.6 is 22.9 Å². The Labute approximate surface area is 227 Å². The van der Waals surface area contributed by atoms with Crippen LogP contribution in [0.5, 0.6) is 11.5 Å². The van der Waals surface area contributed by atoms with Gasteiger partial charge in [0.25, 0.3) is 0 Å². The molecule has 0 atom stereocenters. The van der Waals surface area contributed by atoms with Gasteiger partial charge in [0, 0.05) is 28.7 Å². The highest BCUT2D eigenvalue weighted by molar-refractivity contribution is 7.09. The molecule has 0 bridgehead atoms. The Morgan fingerprint density at radius 1 is 1.00 bits per heavy atom. The van der Waals surface area contributed by atoms with Gasteiger partial charge in [-0.1, -0.05) is 36.7 Å². The highest BCUT2D eigenvalue weighted by atomic mass is 35.5. The molecule has 0 radical (unpaired) electrons. The van der Waals surface area contributed by atoms with Crippen molar-refractivity contribution in [1.82, 2.24) is 9.80 Å². The van der Waals surface area contributed by atoms with Gasteiger partial charge in [-0.05, 0) is 66.6 Å². The lowest BCUT2D eigenvalue weighted by molar-refractivity contribution is -0.132. The molecule has 3 aromatic rings. The zero-order valence-corrected chi connectivity index (χ0v) is 23.3. The summed E-state index contributed by atoms with van der Waals surface area (Å²) < 4.78 is 10.8. The van der Waals surface area contributed by atoms with Crippen molar-refractivity contribution >= 4 is 40.6 Å². The molecule has 1 N–H and O–H groups in total. The molecule has 0 aliphatic heterocycles. The lowest BCUT2D eigenvalue weighted by Gasteiger charge is -2.27. The molecule has 2 aromatic carbocycles. The fraction of sp³-hybridized carbons (Fsp3) is 0.357. The third-order valence-corrected chi connectivity index (χ3v) is 7.20. The second kappa shape index (κ2) is 13.9. The Morgan fingerprint density at radius 2 is 1.78 bits per heavy atom. The van der Waals surface area contributed by atoms with Gasteiger partial charge in [-0.2, -0.15) is 0 Å². The summed E-state index contributed by atoms with van der Waals surface area (Å²) in [5.74, 6) is 1.20. The number of carbonyl (C=O) groups is 2. The van der Waals surface area contributed by atoms with Gasteiger partial charge in [-0.15, -0.1) is 11.3 Å². The molecule has 0 fully saturated rings. The summed E-state index contributed by atoms with van der Waals surface area (Å²) >= 11 is 7.82. The number of methoxy groups -OCH3 is 2. The van der Waals surface area contributed by atoms with Gasteiger partial charge in [0.15, 0.2) is 11.5 Å². The van der Waals surface area contributed by atoms with Crippen molar-refractivity contribution in [3.8, 4) is 11.5 Å². The quantitative estimate of drug-likeness (QED) is 0.293. The number of ether oxygens (including phenoxy) is 2. The summed E-state index contributed by atoms with van der Waals surface area (Å²) in [7, 11) is 3.21. The van der Waals surface area contributed by atoms with Crippen LogP contribution in [0.4, 0.5) is 10.5 Å². The topological polar surface area (TPSA) is 71.1 Å². The normalized spacial score (nSPS) is 10.6. The van der Waals surface area contributed by atoms with Crippen molar-refractivity contribution < 1.29 is 19.1 Å². The number of urea groups is 1. The van der Waals surface area contributed by atoms with Crippen LogP contribution in [0.2, 0.25) is 5.02 Å². The average molecular weight is 544 g/mol. The highest BCUT2D eigenvalue weighted by Gasteiger charge is 2.22. The number of aryl methyl sites for hydroxylation is 1. The predicted molar refractivity (Wildman–Crippen MR) is 150 cm³/mol. The van der Waals surface area contributed by atoms with E-state index in [1.54, 1.807) is 47.5 Å². The van der Waals surface area contributed by atoms with Gasteiger partial charge in [0.1, 0.15) is 6.54 Å². The standard InChI is InChI=1S/C28H34ClN3O4S/c1-5-13-32(28(34)30-22-10-8-20(2)24(29)17-22)19-27(33)31(18-23-7-6-15-37-23)14-12-21-9-11-25(35-3)26(16-21)36-4/h6-11,15-17H,5,12-14,18-19H2,1-4H3,(H,30,34). The third kappa shape index (κ3) is 8.13. The Hall–Kier alpha value is -3.23. The maximum atomic E-state index is 13.5. The van der Waals surface area contributed by atoms with Crippen molar-refractivity contribution in [1.29, 1.82) is 0 Å². The fourth-order valence-corrected chi connectivity index (χ4v) is 4.74. The first-order valence-corrected chi connectivity index (χ1v) is 13.4. The summed E-state index contributed by atoms with van der Waals surface area (Å²) in [6.45, 7) is 5.31. The van der Waals surface area contributed by atoms with Crippen molar-refractivity contribution in [3.63, 3.8) is 0 Å². The molecule has 0 unspecified atom stereocenters. The molecule has 3 amide bonds. The molecule has 0 saturated heterocycles. The van der Waals surface area contributed by atoms with Gasteiger partial charge >= 0.3 is 6.03 Å². The molecule has 0 saturated carbocycles. The minimum Gasteiger partial charge on any atom is -0.493 e. The van der Waals surface area contributed by atoms with Crippen LogP contribution in [0.3, 0.4) is 0 Å². The Bertz CT molecular complexity index is 1190. The van der Waals surface area contributed by atoms with Gasteiger partial charge in [-0.3, -0.25) is 4.79 Å². The second-order valence-electron chi connectivity index (χ2n) is 8.65. The van der Waals surface area contributed by atoms with E-state index >= 15 is 0 Å². The number of carbonyl (C=O) groups excluding carboxylic acids is 2. The van der Waals surface area contributed by atoms with Crippen molar-refractivity contribution in [2.75, 3.05) is 39.2 Å². The largest absolute Gasteiger partial charge is 0.493 e. The molecular formula is C28H34ClN3O4S. The Morgan fingerprint density at radius 3 is 2.43 bits per heavy atom. The van der Waals surface area contributed by atoms with E-state index in [0.29, 0.717) is 48.3 Å². The lowest BCUT2D eigenvalue weighted by atomic mass is 10.1. The molecule has 7 nitrogen and oxygen atoms in total. The zero-order chi connectivity index (χ0) is 26.8. The highest BCUT2D eigenvalue weighted by Crippen LogP contribution is 2.28. The van der Waals surface area contributed by atoms with Crippen molar-refractivity contribution in [3.05, 3.63) is 74.9 Å². The minimum atomic E-state index is -0.328. The number of thiophene rings is 1. The molecule has 3 rings (SSSR count). The van der Waals surface area contributed by atoms with Gasteiger partial charge in [0.05, 0.1) is 20.8 Å². The van der Waals surface area contributed by atoms with Crippen LogP contribution in [0.15, 0.2) is 53.9 Å². The van der Waals surface area contributed by atoms with E-state index in [1.807, 2.05) is 55.6 Å². The molecule has 1 heterocycles. The first kappa shape index (κ1) is 28.3. The molecule has 0 spiro atoms. The SMILES string of the molecule is CCCN(CC(=O)N(CCc1ccc(OC)c(OC)c1)Cc1cccs1)C(=O)Nc1ccc(C)c(Cl)c1. The number of hydrogen-bond acceptors (Lipinski definition) is 5. The van der Waals surface area contributed by atoms with Crippen molar-refractivity contribution in [2.45, 2.75) is 33.2 Å². The summed E-state index contributed by atoms with van der Waals surface area (Å²) in [5.41, 5.74) is 2.55. The summed E-state index contributed by atoms with van der Waals surface area (Å²) in [6.07, 6.45) is 1.37. The summed E-state index contributed by atoms with van der Waals surface area (Å²) in [6, 6.07) is 14.8. The smallest absolute Gasteiger partial charge is 0.322 e. The maximum absolute atomic E-state index is 13.5. The number of amides is 3. The zero-order valence-electron chi connectivity index (χ0n) is 21.8. The number of nitrogens with one attached hydrogen (secondary N) is 1. The molecular weight excluding hydrogens is 510 g/mol. The van der Waals surface area contributed by atoms with E-state index in [9.17, 15) is 9.59 Å². The molecule has 9 heteroatoms. The van der Waals surface area contributed by atoms with E-state index in [0.717, 1.165) is 22.4 Å². The number of anilines is 1. The van der Waals surface area contributed by atoms with E-state index in [1.165, 1.54) is 0 Å². The van der Waals surface area contributed by atoms with E-state index in [4.69, 9.17) is 21.1 Å². The van der Waals surface area contributed by atoms with Gasteiger partial charge in [0.2, 0.25) is 5.91 Å². The maximum Gasteiger partial charge on any atom is 0.322 e. The van der Waals surface area contributed by atoms with E-state index in [-0.39, 0.29) is 18.5 Å². The average Bonchev–Trinajstić information content (AvgIpc) is 3.41. The number of halogens is 1. The van der Waals surface area contributed by atoms with E-state index in [2.05, 4.69) is 5.32 Å². The van der Waals surface area contributed by atoms with E-state index < -0.39 is 0 Å². The van der Waals surface area contributed by atoms with Crippen LogP contribution in [0, 0.1) is 6.92 Å². The summed E-state index contributed by atoms with van der Waals surface area (Å²) in [5, 5.41) is 5.45. The van der Waals surface area contributed by atoms with Crippen molar-refractivity contribution in [2.24, 2.45) is 0 Å². The Balaban J connectivity index is 1.72. The molecule has 37 heavy (non-hydrogen) atoms. The number of benzene rings is 2. The first-order valence-electron chi connectivity index (χ1n) is 12.2. The Kier molecular flexibility index (Phi) is 10.7. The fourth-order valence-electron chi connectivity index (χ4n) is 3.84. The van der Waals surface area contributed by atoms with Crippen LogP contribution < -0.4 is 14.8 Å².